The number of hydrogen-bond acceptors (Lipinski definition) is 6. The van der Waals surface area contributed by atoms with Crippen LogP contribution in [0.1, 0.15) is 38.8 Å². The molecule has 35 heavy (non-hydrogen) atoms. The number of alkyl halides is 1. The lowest BCUT2D eigenvalue weighted by Gasteiger charge is -2.40. The van der Waals surface area contributed by atoms with Crippen LogP contribution in [0.5, 0.6) is 0 Å². The molecule has 8 nitrogen and oxygen atoms in total. The number of halogens is 1. The van der Waals surface area contributed by atoms with Crippen molar-refractivity contribution < 1.29 is 29.0 Å². The van der Waals surface area contributed by atoms with E-state index in [2.05, 4.69) is 22.5 Å². The predicted octanol–water partition coefficient (Wildman–Crippen LogP) is 2.45. The van der Waals surface area contributed by atoms with E-state index in [9.17, 15) is 19.5 Å². The van der Waals surface area contributed by atoms with Gasteiger partial charge < -0.3 is 24.4 Å². The minimum atomic E-state index is -1.21. The number of amides is 2. The predicted molar refractivity (Wildman–Crippen MR) is 132 cm³/mol. The van der Waals surface area contributed by atoms with Gasteiger partial charge in [-0.25, -0.2) is 0 Å². The summed E-state index contributed by atoms with van der Waals surface area (Å²) in [4.78, 5) is 44.3. The first-order valence-corrected chi connectivity index (χ1v) is 13.0. The molecule has 3 aliphatic heterocycles. The molecule has 1 N–H and O–H groups in total. The van der Waals surface area contributed by atoms with Crippen molar-refractivity contribution in [2.24, 2.45) is 11.8 Å². The van der Waals surface area contributed by atoms with Crippen molar-refractivity contribution in [3.05, 3.63) is 48.6 Å². The summed E-state index contributed by atoms with van der Waals surface area (Å²) < 4.78 is 11.8. The number of esters is 1. The van der Waals surface area contributed by atoms with Gasteiger partial charge in [0, 0.05) is 17.4 Å². The Morgan fingerprint density at radius 1 is 1.37 bits per heavy atom. The summed E-state index contributed by atoms with van der Waals surface area (Å²) in [7, 11) is 0. The number of fused-ring (bicyclic) bond motifs is 1. The third kappa shape index (κ3) is 4.01. The van der Waals surface area contributed by atoms with Crippen molar-refractivity contribution in [3.8, 4) is 0 Å². The molecule has 1 aromatic carbocycles. The molecule has 4 rings (SSSR count). The first kappa shape index (κ1) is 25.9. The molecule has 3 saturated heterocycles. The second kappa shape index (κ2) is 10.0. The molecule has 3 aliphatic rings. The summed E-state index contributed by atoms with van der Waals surface area (Å²) in [6.07, 6.45) is 1.47. The zero-order chi connectivity index (χ0) is 25.5. The highest BCUT2D eigenvalue weighted by molar-refractivity contribution is 9.09. The van der Waals surface area contributed by atoms with Crippen molar-refractivity contribution in [3.63, 3.8) is 0 Å². The van der Waals surface area contributed by atoms with Crippen molar-refractivity contribution in [1.82, 2.24) is 9.80 Å². The van der Waals surface area contributed by atoms with E-state index < -0.39 is 41.6 Å². The molecule has 2 amide bonds. The first-order valence-electron chi connectivity index (χ1n) is 12.1. The van der Waals surface area contributed by atoms with Gasteiger partial charge in [0.05, 0.1) is 37.2 Å². The normalized spacial score (nSPS) is 32.0. The van der Waals surface area contributed by atoms with E-state index >= 15 is 0 Å². The molecule has 0 saturated carbocycles. The number of carbonyl (C=O) groups excluding carboxylic acids is 3. The molecular weight excluding hydrogens is 516 g/mol. The maximum atomic E-state index is 14.2. The number of hydrogen-bond donors (Lipinski definition) is 1. The smallest absolute Gasteiger partial charge is 0.312 e. The van der Waals surface area contributed by atoms with Crippen molar-refractivity contribution >= 4 is 33.7 Å². The summed E-state index contributed by atoms with van der Waals surface area (Å²) in [5, 5.41) is 10.5. The van der Waals surface area contributed by atoms with Gasteiger partial charge in [0.2, 0.25) is 11.8 Å². The van der Waals surface area contributed by atoms with Gasteiger partial charge in [-0.05, 0) is 32.8 Å². The largest absolute Gasteiger partial charge is 0.466 e. The molecule has 190 valence electrons. The van der Waals surface area contributed by atoms with Gasteiger partial charge in [-0.3, -0.25) is 14.4 Å². The fraction of sp³-hybridized carbons (Fsp3) is 0.577. The van der Waals surface area contributed by atoms with Crippen LogP contribution >= 0.6 is 15.9 Å². The molecular formula is C26H33BrN2O6. The SMILES string of the molecule is C=CCN(C(=O)C1N([C@H](CO)c2ccccc2)C(=O)[C@@H]2[C@@H](C(=O)OCC)[C@@H]3OC12CC3Br)C(C)C. The monoisotopic (exact) mass is 548 g/mol. The van der Waals surface area contributed by atoms with Crippen molar-refractivity contribution in [2.45, 2.75) is 61.8 Å². The second-order valence-corrected chi connectivity index (χ2v) is 10.8. The Bertz CT molecular complexity index is 987. The van der Waals surface area contributed by atoms with Crippen molar-refractivity contribution in [1.29, 1.82) is 0 Å². The maximum Gasteiger partial charge on any atom is 0.312 e. The Morgan fingerprint density at radius 2 is 2.06 bits per heavy atom. The zero-order valence-electron chi connectivity index (χ0n) is 20.3. The molecule has 9 heteroatoms. The number of ether oxygens (including phenoxy) is 2. The summed E-state index contributed by atoms with van der Waals surface area (Å²) >= 11 is 3.65. The molecule has 1 aromatic rings. The Morgan fingerprint density at radius 3 is 2.63 bits per heavy atom. The standard InChI is InChI=1S/C26H33BrN2O6/c1-5-12-28(15(3)4)24(32)22-26-13-17(27)21(35-26)19(25(33)34-6-2)20(26)23(31)29(22)18(14-30)16-10-8-7-9-11-16/h5,7-11,15,17-22,30H,1,6,12-14H2,2-4H3/t17?,18-,19-,20+,21-,22?,26?/m1/s1. The van der Waals surface area contributed by atoms with Gasteiger partial charge in [-0.15, -0.1) is 6.58 Å². The second-order valence-electron chi connectivity index (χ2n) is 9.64. The molecule has 3 unspecified atom stereocenters. The fourth-order valence-electron chi connectivity index (χ4n) is 6.07. The van der Waals surface area contributed by atoms with Crippen LogP contribution in [0.4, 0.5) is 0 Å². The van der Waals surface area contributed by atoms with Gasteiger partial charge in [0.25, 0.3) is 0 Å². The van der Waals surface area contributed by atoms with E-state index in [4.69, 9.17) is 9.47 Å². The third-order valence-electron chi connectivity index (χ3n) is 7.45. The molecule has 1 spiro atoms. The summed E-state index contributed by atoms with van der Waals surface area (Å²) in [6.45, 7) is 9.41. The Labute approximate surface area is 214 Å². The Kier molecular flexibility index (Phi) is 7.41. The molecule has 3 heterocycles. The van der Waals surface area contributed by atoms with Gasteiger partial charge in [0.15, 0.2) is 0 Å². The minimum absolute atomic E-state index is 0.156. The quantitative estimate of drug-likeness (QED) is 0.289. The molecule has 0 aromatic heterocycles. The maximum absolute atomic E-state index is 14.2. The van der Waals surface area contributed by atoms with Gasteiger partial charge >= 0.3 is 5.97 Å². The van der Waals surface area contributed by atoms with Gasteiger partial charge in [-0.2, -0.15) is 0 Å². The van der Waals surface area contributed by atoms with Crippen LogP contribution in [-0.4, -0.2) is 81.1 Å². The Balaban J connectivity index is 1.87. The van der Waals surface area contributed by atoms with E-state index in [1.165, 1.54) is 4.90 Å². The third-order valence-corrected chi connectivity index (χ3v) is 8.29. The highest BCUT2D eigenvalue weighted by atomic mass is 79.9. The van der Waals surface area contributed by atoms with Crippen LogP contribution in [0.3, 0.4) is 0 Å². The topological polar surface area (TPSA) is 96.4 Å². The number of likely N-dealkylation sites (tertiary alicyclic amines) is 1. The lowest BCUT2D eigenvalue weighted by molar-refractivity contribution is -0.156. The average Bonchev–Trinajstić information content (AvgIpc) is 3.42. The van der Waals surface area contributed by atoms with E-state index in [-0.39, 0.29) is 35.9 Å². The fourth-order valence-corrected chi connectivity index (χ4v) is 7.01. The highest BCUT2D eigenvalue weighted by Gasteiger charge is 2.77. The number of benzene rings is 1. The van der Waals surface area contributed by atoms with Crippen LogP contribution in [0.2, 0.25) is 0 Å². The van der Waals surface area contributed by atoms with Crippen LogP contribution in [0.15, 0.2) is 43.0 Å². The molecule has 0 aliphatic carbocycles. The van der Waals surface area contributed by atoms with Crippen LogP contribution < -0.4 is 0 Å². The average molecular weight is 549 g/mol. The van der Waals surface area contributed by atoms with Crippen molar-refractivity contribution in [2.75, 3.05) is 19.8 Å². The number of nitrogens with zero attached hydrogens (tertiary/aromatic N) is 2. The molecule has 0 radical (unpaired) electrons. The van der Waals surface area contributed by atoms with Crippen LogP contribution in [-0.2, 0) is 23.9 Å². The minimum Gasteiger partial charge on any atom is -0.466 e. The number of rotatable bonds is 9. The van der Waals surface area contributed by atoms with Crippen LogP contribution in [0.25, 0.3) is 0 Å². The lowest BCUT2D eigenvalue weighted by atomic mass is 9.70. The van der Waals surface area contributed by atoms with Gasteiger partial charge in [-0.1, -0.05) is 52.3 Å². The summed E-state index contributed by atoms with van der Waals surface area (Å²) in [5.41, 5.74) is -0.504. The first-order chi connectivity index (χ1) is 16.7. The Hall–Kier alpha value is -2.23. The lowest BCUT2D eigenvalue weighted by Crippen LogP contribution is -2.58. The molecule has 2 bridgehead atoms. The number of carbonyl (C=O) groups is 3. The molecule has 7 atom stereocenters. The van der Waals surface area contributed by atoms with Gasteiger partial charge in [0.1, 0.15) is 11.6 Å². The summed E-state index contributed by atoms with van der Waals surface area (Å²) in [6, 6.07) is 7.20. The zero-order valence-corrected chi connectivity index (χ0v) is 21.9. The molecule has 3 fully saturated rings. The number of aliphatic hydroxyl groups is 1. The van der Waals surface area contributed by atoms with E-state index in [0.717, 1.165) is 0 Å². The van der Waals surface area contributed by atoms with E-state index in [1.54, 1.807) is 17.9 Å². The van der Waals surface area contributed by atoms with E-state index in [1.807, 2.05) is 44.2 Å². The number of aliphatic hydroxyl groups excluding tert-OH is 1. The van der Waals surface area contributed by atoms with E-state index in [0.29, 0.717) is 18.5 Å². The highest BCUT2D eigenvalue weighted by Crippen LogP contribution is 2.61. The van der Waals surface area contributed by atoms with Crippen LogP contribution in [0, 0.1) is 11.8 Å². The summed E-state index contributed by atoms with van der Waals surface area (Å²) in [5.74, 6) is -2.85.